The van der Waals surface area contributed by atoms with E-state index in [9.17, 15) is 9.59 Å². The van der Waals surface area contributed by atoms with E-state index >= 15 is 0 Å². The van der Waals surface area contributed by atoms with Gasteiger partial charge < -0.3 is 4.42 Å². The number of aryl methyl sites for hydroxylation is 1. The molecular formula is C12H13NO3S. The summed E-state index contributed by atoms with van der Waals surface area (Å²) in [4.78, 5) is 25.2. The minimum absolute atomic E-state index is 0.202. The molecule has 4 nitrogen and oxygen atoms in total. The van der Waals surface area contributed by atoms with Crippen molar-refractivity contribution in [1.29, 1.82) is 0 Å². The highest BCUT2D eigenvalue weighted by atomic mass is 32.2. The molecule has 0 bridgehead atoms. The van der Waals surface area contributed by atoms with Gasteiger partial charge in [0.2, 0.25) is 0 Å². The first kappa shape index (κ1) is 12.0. The summed E-state index contributed by atoms with van der Waals surface area (Å²) >= 11 is 0.964. The van der Waals surface area contributed by atoms with Crippen LogP contribution in [0.25, 0.3) is 6.08 Å². The zero-order valence-corrected chi connectivity index (χ0v) is 10.5. The maximum atomic E-state index is 11.9. The quantitative estimate of drug-likeness (QED) is 0.775. The minimum atomic E-state index is -0.226. The highest BCUT2D eigenvalue weighted by molar-refractivity contribution is 8.18. The molecule has 0 aliphatic carbocycles. The molecule has 0 atom stereocenters. The Kier molecular flexibility index (Phi) is 3.38. The first-order valence-corrected chi connectivity index (χ1v) is 6.25. The van der Waals surface area contributed by atoms with Crippen LogP contribution in [0, 0.1) is 6.92 Å². The number of hydrogen-bond acceptors (Lipinski definition) is 4. The molecule has 1 aliphatic rings. The third kappa shape index (κ3) is 2.44. The van der Waals surface area contributed by atoms with Crippen molar-refractivity contribution in [1.82, 2.24) is 4.90 Å². The zero-order valence-electron chi connectivity index (χ0n) is 9.73. The molecule has 90 valence electrons. The summed E-state index contributed by atoms with van der Waals surface area (Å²) in [6.07, 6.45) is 2.39. The molecular weight excluding hydrogens is 238 g/mol. The fraction of sp³-hybridized carbons (Fsp3) is 0.333. The fourth-order valence-corrected chi connectivity index (χ4v) is 2.42. The van der Waals surface area contributed by atoms with E-state index in [0.29, 0.717) is 17.2 Å². The first-order chi connectivity index (χ1) is 8.11. The molecule has 0 aromatic carbocycles. The van der Waals surface area contributed by atoms with Gasteiger partial charge in [0, 0.05) is 12.6 Å². The molecule has 1 aromatic rings. The van der Waals surface area contributed by atoms with E-state index in [1.807, 2.05) is 19.9 Å². The molecule has 0 N–H and O–H groups in total. The van der Waals surface area contributed by atoms with Crippen molar-refractivity contribution >= 4 is 29.0 Å². The Labute approximate surface area is 104 Å². The van der Waals surface area contributed by atoms with Gasteiger partial charge in [-0.25, -0.2) is 0 Å². The van der Waals surface area contributed by atoms with Crippen LogP contribution in [-0.2, 0) is 4.79 Å². The second-order valence-electron chi connectivity index (χ2n) is 3.78. The summed E-state index contributed by atoms with van der Waals surface area (Å²) in [5.74, 6) is 1.16. The van der Waals surface area contributed by atoms with E-state index in [0.717, 1.165) is 23.9 Å². The number of thioether (sulfide) groups is 1. The molecule has 2 amide bonds. The number of carbonyl (C=O) groups excluding carboxylic acids is 2. The second-order valence-corrected chi connectivity index (χ2v) is 4.77. The summed E-state index contributed by atoms with van der Waals surface area (Å²) < 4.78 is 5.35. The van der Waals surface area contributed by atoms with Gasteiger partial charge in [-0.2, -0.15) is 0 Å². The Balaban J connectivity index is 2.21. The number of rotatable bonds is 3. The molecule has 0 radical (unpaired) electrons. The summed E-state index contributed by atoms with van der Waals surface area (Å²) in [5, 5.41) is -0.202. The van der Waals surface area contributed by atoms with Crippen molar-refractivity contribution in [2.45, 2.75) is 20.3 Å². The smallest absolute Gasteiger partial charge is 0.293 e. The van der Waals surface area contributed by atoms with Crippen molar-refractivity contribution in [2.75, 3.05) is 6.54 Å². The lowest BCUT2D eigenvalue weighted by atomic mass is 10.3. The van der Waals surface area contributed by atoms with E-state index < -0.39 is 0 Å². The Morgan fingerprint density at radius 3 is 2.76 bits per heavy atom. The Morgan fingerprint density at radius 2 is 2.18 bits per heavy atom. The molecule has 1 aromatic heterocycles. The molecule has 0 unspecified atom stereocenters. The monoisotopic (exact) mass is 251 g/mol. The molecule has 0 saturated carbocycles. The number of hydrogen-bond donors (Lipinski definition) is 0. The maximum absolute atomic E-state index is 11.9. The van der Waals surface area contributed by atoms with Gasteiger partial charge in [0.15, 0.2) is 0 Å². The van der Waals surface area contributed by atoms with Crippen molar-refractivity contribution in [3.05, 3.63) is 28.6 Å². The van der Waals surface area contributed by atoms with Crippen LogP contribution in [0.15, 0.2) is 21.5 Å². The van der Waals surface area contributed by atoms with Crippen LogP contribution in [0.1, 0.15) is 24.9 Å². The van der Waals surface area contributed by atoms with Crippen LogP contribution in [0.2, 0.25) is 0 Å². The Bertz CT molecular complexity index is 490. The first-order valence-electron chi connectivity index (χ1n) is 5.43. The van der Waals surface area contributed by atoms with E-state index in [-0.39, 0.29) is 11.1 Å². The van der Waals surface area contributed by atoms with E-state index in [2.05, 4.69) is 0 Å². The van der Waals surface area contributed by atoms with Crippen molar-refractivity contribution in [2.24, 2.45) is 0 Å². The van der Waals surface area contributed by atoms with Crippen molar-refractivity contribution < 1.29 is 14.0 Å². The predicted octanol–water partition coefficient (Wildman–Crippen LogP) is 3.03. The van der Waals surface area contributed by atoms with E-state index in [1.54, 1.807) is 12.1 Å². The molecule has 5 heteroatoms. The molecule has 2 rings (SSSR count). The highest BCUT2D eigenvalue weighted by Crippen LogP contribution is 2.32. The summed E-state index contributed by atoms with van der Waals surface area (Å²) in [7, 11) is 0. The molecule has 1 saturated heterocycles. The second kappa shape index (κ2) is 4.79. The van der Waals surface area contributed by atoms with E-state index in [4.69, 9.17) is 4.42 Å². The van der Waals surface area contributed by atoms with Crippen LogP contribution in [-0.4, -0.2) is 22.6 Å². The molecule has 0 spiro atoms. The topological polar surface area (TPSA) is 50.5 Å². The number of furan rings is 1. The molecule has 17 heavy (non-hydrogen) atoms. The van der Waals surface area contributed by atoms with Crippen molar-refractivity contribution in [3.8, 4) is 0 Å². The van der Waals surface area contributed by atoms with Gasteiger partial charge in [0.05, 0.1) is 4.91 Å². The lowest BCUT2D eigenvalue weighted by molar-refractivity contribution is -0.122. The Morgan fingerprint density at radius 1 is 1.41 bits per heavy atom. The number of nitrogens with zero attached hydrogens (tertiary/aromatic N) is 1. The van der Waals surface area contributed by atoms with Crippen LogP contribution >= 0.6 is 11.8 Å². The predicted molar refractivity (Wildman–Crippen MR) is 66.4 cm³/mol. The summed E-state index contributed by atoms with van der Waals surface area (Å²) in [6, 6.07) is 3.60. The average molecular weight is 251 g/mol. The van der Waals surface area contributed by atoms with Crippen molar-refractivity contribution in [3.63, 3.8) is 0 Å². The van der Waals surface area contributed by atoms with Crippen LogP contribution in [0.3, 0.4) is 0 Å². The van der Waals surface area contributed by atoms with Gasteiger partial charge >= 0.3 is 0 Å². The van der Waals surface area contributed by atoms with Gasteiger partial charge in [-0.05, 0) is 37.2 Å². The van der Waals surface area contributed by atoms with E-state index in [1.165, 1.54) is 4.90 Å². The van der Waals surface area contributed by atoms with Gasteiger partial charge in [0.1, 0.15) is 11.5 Å². The van der Waals surface area contributed by atoms with Crippen LogP contribution in [0.5, 0.6) is 0 Å². The minimum Gasteiger partial charge on any atom is -0.462 e. The summed E-state index contributed by atoms with van der Waals surface area (Å²) in [5.41, 5.74) is 0. The number of imide groups is 1. The number of carbonyl (C=O) groups is 2. The SMILES string of the molecule is CCCN1C(=O)S/C(=C/c2ccc(C)o2)C1=O. The fourth-order valence-electron chi connectivity index (χ4n) is 1.58. The zero-order chi connectivity index (χ0) is 12.4. The van der Waals surface area contributed by atoms with Gasteiger partial charge in [-0.3, -0.25) is 14.5 Å². The van der Waals surface area contributed by atoms with Gasteiger partial charge in [-0.1, -0.05) is 6.92 Å². The standard InChI is InChI=1S/C12H13NO3S/c1-3-6-13-11(14)10(17-12(13)15)7-9-5-4-8(2)16-9/h4-5,7H,3,6H2,1-2H3/b10-7+. The third-order valence-corrected chi connectivity index (χ3v) is 3.26. The summed E-state index contributed by atoms with van der Waals surface area (Å²) in [6.45, 7) is 4.24. The van der Waals surface area contributed by atoms with Crippen LogP contribution in [0.4, 0.5) is 4.79 Å². The highest BCUT2D eigenvalue weighted by Gasteiger charge is 2.34. The van der Waals surface area contributed by atoms with Gasteiger partial charge in [0.25, 0.3) is 11.1 Å². The normalized spacial score (nSPS) is 18.5. The third-order valence-electron chi connectivity index (χ3n) is 2.36. The Hall–Kier alpha value is -1.49. The molecule has 1 aliphatic heterocycles. The number of amides is 2. The lowest BCUT2D eigenvalue weighted by Crippen LogP contribution is -2.28. The molecule has 1 fully saturated rings. The molecule has 2 heterocycles. The van der Waals surface area contributed by atoms with Crippen LogP contribution < -0.4 is 0 Å². The van der Waals surface area contributed by atoms with Gasteiger partial charge in [-0.15, -0.1) is 0 Å². The maximum Gasteiger partial charge on any atom is 0.293 e. The largest absolute Gasteiger partial charge is 0.462 e. The average Bonchev–Trinajstić information content (AvgIpc) is 2.79. The lowest BCUT2D eigenvalue weighted by Gasteiger charge is -2.09.